The van der Waals surface area contributed by atoms with Gasteiger partial charge in [0.25, 0.3) is 5.91 Å². The normalized spacial score (nSPS) is 12.2. The van der Waals surface area contributed by atoms with E-state index in [0.29, 0.717) is 17.7 Å². The smallest absolute Gasteiger partial charge is 0.329 e. The molecule has 10 heteroatoms. The van der Waals surface area contributed by atoms with E-state index in [1.54, 1.807) is 6.92 Å². The highest BCUT2D eigenvalue weighted by Crippen LogP contribution is 2.21. The average molecular weight is 384 g/mol. The molecule has 0 spiro atoms. The van der Waals surface area contributed by atoms with Gasteiger partial charge in [-0.25, -0.2) is 17.5 Å². The van der Waals surface area contributed by atoms with Crippen LogP contribution >= 0.6 is 0 Å². The zero-order valence-electron chi connectivity index (χ0n) is 13.9. The molecule has 1 rings (SSSR count). The monoisotopic (exact) mass is 384 g/mol. The summed E-state index contributed by atoms with van der Waals surface area (Å²) in [7, 11) is -3.97. The average Bonchev–Trinajstić information content (AvgIpc) is 2.50. The first-order valence-corrected chi connectivity index (χ1v) is 9.15. The van der Waals surface area contributed by atoms with Crippen molar-refractivity contribution < 1.29 is 30.8 Å². The number of carbonyl (C=O) groups is 1. The van der Waals surface area contributed by atoms with Gasteiger partial charge in [0.2, 0.25) is 10.0 Å². The van der Waals surface area contributed by atoms with Crippen LogP contribution in [0.5, 0.6) is 0 Å². The van der Waals surface area contributed by atoms with E-state index in [-0.39, 0.29) is 18.0 Å². The topological polar surface area (TPSA) is 66.5 Å². The second-order valence-electron chi connectivity index (χ2n) is 5.34. The Balaban J connectivity index is 3.24. The number of sulfonamides is 1. The Labute approximate surface area is 144 Å². The SMILES string of the molecule is CCCCN(CC(F)(F)F)C(=O)c1cc(S(=O)(=O)NCC)ccc1F. The summed E-state index contributed by atoms with van der Waals surface area (Å²) < 4.78 is 78.1. The fourth-order valence-corrected chi connectivity index (χ4v) is 3.16. The van der Waals surface area contributed by atoms with Crippen molar-refractivity contribution in [1.82, 2.24) is 9.62 Å². The van der Waals surface area contributed by atoms with Crippen LogP contribution in [0.1, 0.15) is 37.0 Å². The molecule has 0 saturated heterocycles. The number of alkyl halides is 3. The van der Waals surface area contributed by atoms with Gasteiger partial charge in [-0.15, -0.1) is 0 Å². The first kappa shape index (κ1) is 21.4. The number of amides is 1. The Hall–Kier alpha value is -1.68. The summed E-state index contributed by atoms with van der Waals surface area (Å²) >= 11 is 0. The second kappa shape index (κ2) is 8.61. The number of hydrogen-bond donors (Lipinski definition) is 1. The third-order valence-electron chi connectivity index (χ3n) is 3.25. The summed E-state index contributed by atoms with van der Waals surface area (Å²) in [6, 6.07) is 2.46. The molecule has 0 aliphatic carbocycles. The van der Waals surface area contributed by atoms with Gasteiger partial charge in [-0.3, -0.25) is 4.79 Å². The van der Waals surface area contributed by atoms with Gasteiger partial charge in [-0.2, -0.15) is 13.2 Å². The number of carbonyl (C=O) groups excluding carboxylic acids is 1. The molecule has 5 nitrogen and oxygen atoms in total. The highest BCUT2D eigenvalue weighted by molar-refractivity contribution is 7.89. The number of nitrogens with one attached hydrogen (secondary N) is 1. The van der Waals surface area contributed by atoms with Crippen LogP contribution in [0.2, 0.25) is 0 Å². The van der Waals surface area contributed by atoms with Crippen molar-refractivity contribution in [3.63, 3.8) is 0 Å². The van der Waals surface area contributed by atoms with Crippen LogP contribution in [0.3, 0.4) is 0 Å². The highest BCUT2D eigenvalue weighted by atomic mass is 32.2. The number of hydrogen-bond acceptors (Lipinski definition) is 3. The van der Waals surface area contributed by atoms with Crippen LogP contribution in [0.4, 0.5) is 17.6 Å². The zero-order chi connectivity index (χ0) is 19.3. The molecule has 0 bridgehead atoms. The van der Waals surface area contributed by atoms with E-state index in [0.717, 1.165) is 18.2 Å². The fraction of sp³-hybridized carbons (Fsp3) is 0.533. The summed E-state index contributed by atoms with van der Waals surface area (Å²) in [6.07, 6.45) is -3.80. The Morgan fingerprint density at radius 2 is 1.88 bits per heavy atom. The van der Waals surface area contributed by atoms with Gasteiger partial charge in [-0.05, 0) is 24.6 Å². The van der Waals surface area contributed by atoms with Crippen molar-refractivity contribution in [2.45, 2.75) is 37.8 Å². The van der Waals surface area contributed by atoms with Crippen molar-refractivity contribution in [2.75, 3.05) is 19.6 Å². The fourth-order valence-electron chi connectivity index (χ4n) is 2.10. The number of halogens is 4. The minimum absolute atomic E-state index is 0.0691. The standard InChI is InChI=1S/C15H20F4N2O3S/c1-3-5-8-21(10-15(17,18)19)14(22)12-9-11(6-7-13(12)16)25(23,24)20-4-2/h6-7,9,20H,3-5,8,10H2,1-2H3. The third kappa shape index (κ3) is 6.28. The van der Waals surface area contributed by atoms with Crippen molar-refractivity contribution in [3.05, 3.63) is 29.6 Å². The van der Waals surface area contributed by atoms with E-state index < -0.39 is 40.0 Å². The predicted molar refractivity (Wildman–Crippen MR) is 84.1 cm³/mol. The van der Waals surface area contributed by atoms with E-state index in [1.165, 1.54) is 6.92 Å². The Bertz CT molecular complexity index is 705. The number of benzene rings is 1. The van der Waals surface area contributed by atoms with Gasteiger partial charge in [0.05, 0.1) is 10.5 Å². The van der Waals surface area contributed by atoms with Crippen LogP contribution < -0.4 is 4.72 Å². The second-order valence-corrected chi connectivity index (χ2v) is 7.11. The molecule has 0 saturated carbocycles. The maximum Gasteiger partial charge on any atom is 0.406 e. The van der Waals surface area contributed by atoms with Gasteiger partial charge in [0, 0.05) is 13.1 Å². The van der Waals surface area contributed by atoms with E-state index in [9.17, 15) is 30.8 Å². The zero-order valence-corrected chi connectivity index (χ0v) is 14.7. The Morgan fingerprint density at radius 3 is 2.40 bits per heavy atom. The maximum atomic E-state index is 14.0. The maximum absolute atomic E-state index is 14.0. The lowest BCUT2D eigenvalue weighted by molar-refractivity contribution is -0.140. The molecule has 0 unspecified atom stereocenters. The van der Waals surface area contributed by atoms with Gasteiger partial charge >= 0.3 is 6.18 Å². The summed E-state index contributed by atoms with van der Waals surface area (Å²) in [4.78, 5) is 12.4. The molecule has 1 aromatic carbocycles. The molecule has 0 atom stereocenters. The predicted octanol–water partition coefficient (Wildman–Crippen LogP) is 2.93. The van der Waals surface area contributed by atoms with Crippen LogP contribution in [-0.2, 0) is 10.0 Å². The van der Waals surface area contributed by atoms with Crippen molar-refractivity contribution in [3.8, 4) is 0 Å². The largest absolute Gasteiger partial charge is 0.406 e. The van der Waals surface area contributed by atoms with Crippen LogP contribution in [-0.4, -0.2) is 45.0 Å². The minimum Gasteiger partial charge on any atom is -0.329 e. The Morgan fingerprint density at radius 1 is 1.24 bits per heavy atom. The first-order chi connectivity index (χ1) is 11.5. The van der Waals surface area contributed by atoms with Gasteiger partial charge < -0.3 is 4.90 Å². The minimum atomic E-state index is -4.65. The molecule has 1 N–H and O–H groups in total. The molecule has 1 aromatic rings. The van der Waals surface area contributed by atoms with Gasteiger partial charge in [0.15, 0.2) is 0 Å². The molecule has 0 aliphatic heterocycles. The van der Waals surface area contributed by atoms with Crippen LogP contribution in [0.15, 0.2) is 23.1 Å². The lowest BCUT2D eigenvalue weighted by Crippen LogP contribution is -2.40. The van der Waals surface area contributed by atoms with Gasteiger partial charge in [-0.1, -0.05) is 20.3 Å². The van der Waals surface area contributed by atoms with E-state index in [4.69, 9.17) is 0 Å². The molecule has 0 radical (unpaired) electrons. The van der Waals surface area contributed by atoms with Crippen molar-refractivity contribution in [1.29, 1.82) is 0 Å². The molecule has 142 valence electrons. The summed E-state index contributed by atoms with van der Waals surface area (Å²) in [5.74, 6) is -2.28. The molecular formula is C15H20F4N2O3S. The van der Waals surface area contributed by atoms with Crippen molar-refractivity contribution in [2.24, 2.45) is 0 Å². The molecular weight excluding hydrogens is 364 g/mol. The molecule has 0 heterocycles. The van der Waals surface area contributed by atoms with E-state index in [1.807, 2.05) is 0 Å². The quantitative estimate of drug-likeness (QED) is 0.701. The Kier molecular flexibility index (Phi) is 7.36. The molecule has 25 heavy (non-hydrogen) atoms. The molecule has 0 fully saturated rings. The van der Waals surface area contributed by atoms with E-state index in [2.05, 4.69) is 4.72 Å². The first-order valence-electron chi connectivity index (χ1n) is 7.67. The van der Waals surface area contributed by atoms with E-state index >= 15 is 0 Å². The van der Waals surface area contributed by atoms with Crippen molar-refractivity contribution >= 4 is 15.9 Å². The van der Waals surface area contributed by atoms with Crippen LogP contribution in [0.25, 0.3) is 0 Å². The summed E-state index contributed by atoms with van der Waals surface area (Å²) in [6.45, 7) is 1.59. The molecule has 0 aliphatic rings. The lowest BCUT2D eigenvalue weighted by Gasteiger charge is -2.24. The summed E-state index contributed by atoms with van der Waals surface area (Å²) in [5, 5.41) is 0. The third-order valence-corrected chi connectivity index (χ3v) is 4.80. The number of nitrogens with zero attached hydrogens (tertiary/aromatic N) is 1. The number of rotatable bonds is 8. The summed E-state index contributed by atoms with van der Waals surface area (Å²) in [5.41, 5.74) is -0.709. The molecule has 0 aromatic heterocycles. The van der Waals surface area contributed by atoms with Gasteiger partial charge in [0.1, 0.15) is 12.4 Å². The van der Waals surface area contributed by atoms with Crippen LogP contribution in [0, 0.1) is 5.82 Å². The molecule has 1 amide bonds. The highest BCUT2D eigenvalue weighted by Gasteiger charge is 2.34. The number of unbranched alkanes of at least 4 members (excludes halogenated alkanes) is 1. The lowest BCUT2D eigenvalue weighted by atomic mass is 10.1.